The molecule has 0 radical (unpaired) electrons. The Morgan fingerprint density at radius 2 is 2.50 bits per heavy atom. The van der Waals surface area contributed by atoms with E-state index >= 15 is 0 Å². The predicted octanol–water partition coefficient (Wildman–Crippen LogP) is 1.73. The van der Waals surface area contributed by atoms with E-state index in [2.05, 4.69) is 9.97 Å². The topological polar surface area (TPSA) is 37.9 Å². The van der Waals surface area contributed by atoms with Crippen molar-refractivity contribution in [2.24, 2.45) is 0 Å². The minimum Gasteiger partial charge on any atom is -0.381 e. The van der Waals surface area contributed by atoms with Crippen LogP contribution in [-0.4, -0.2) is 23.2 Å². The third-order valence-corrected chi connectivity index (χ3v) is 2.00. The molecule has 0 aliphatic heterocycles. The van der Waals surface area contributed by atoms with Gasteiger partial charge in [0.25, 0.3) is 0 Å². The SMILES string of the molecule is COC(C)Cc1ncc(CCl)[nH]1. The average Bonchev–Trinajstić information content (AvgIpc) is 2.52. The highest BCUT2D eigenvalue weighted by molar-refractivity contribution is 6.16. The van der Waals surface area contributed by atoms with Crippen LogP contribution in [0, 0.1) is 0 Å². The van der Waals surface area contributed by atoms with Gasteiger partial charge in [0.1, 0.15) is 5.82 Å². The molecule has 1 heterocycles. The Balaban J connectivity index is 2.52. The highest BCUT2D eigenvalue weighted by Gasteiger charge is 2.04. The molecule has 1 aromatic rings. The molecule has 1 unspecified atom stereocenters. The van der Waals surface area contributed by atoms with Gasteiger partial charge in [-0.2, -0.15) is 0 Å². The quantitative estimate of drug-likeness (QED) is 0.731. The number of hydrogen-bond acceptors (Lipinski definition) is 2. The first-order valence-corrected chi connectivity index (χ1v) is 4.41. The average molecular weight is 189 g/mol. The second-order valence-electron chi connectivity index (χ2n) is 2.74. The largest absolute Gasteiger partial charge is 0.381 e. The number of imidazole rings is 1. The lowest BCUT2D eigenvalue weighted by atomic mass is 10.3. The van der Waals surface area contributed by atoms with Crippen LogP contribution in [0.25, 0.3) is 0 Å². The number of halogens is 1. The van der Waals surface area contributed by atoms with Crippen molar-refractivity contribution in [2.45, 2.75) is 25.3 Å². The molecule has 0 saturated carbocycles. The van der Waals surface area contributed by atoms with Crippen LogP contribution in [0.15, 0.2) is 6.20 Å². The summed E-state index contributed by atoms with van der Waals surface area (Å²) in [5.74, 6) is 1.41. The van der Waals surface area contributed by atoms with E-state index in [0.29, 0.717) is 5.88 Å². The lowest BCUT2D eigenvalue weighted by molar-refractivity contribution is 0.117. The lowest BCUT2D eigenvalue weighted by Gasteiger charge is -2.05. The molecule has 68 valence electrons. The minimum absolute atomic E-state index is 0.194. The molecule has 1 rings (SSSR count). The monoisotopic (exact) mass is 188 g/mol. The molecule has 1 atom stereocenters. The molecule has 0 aromatic carbocycles. The summed E-state index contributed by atoms with van der Waals surface area (Å²) in [5.41, 5.74) is 0.954. The Labute approximate surface area is 77.1 Å². The van der Waals surface area contributed by atoms with Gasteiger partial charge in [-0.1, -0.05) is 0 Å². The van der Waals surface area contributed by atoms with Crippen molar-refractivity contribution in [1.29, 1.82) is 0 Å². The van der Waals surface area contributed by atoms with Crippen LogP contribution in [0.3, 0.4) is 0 Å². The number of aromatic nitrogens is 2. The van der Waals surface area contributed by atoms with Crippen LogP contribution in [0.1, 0.15) is 18.4 Å². The number of nitrogens with one attached hydrogen (secondary N) is 1. The fourth-order valence-electron chi connectivity index (χ4n) is 0.933. The summed E-state index contributed by atoms with van der Waals surface area (Å²) in [6, 6.07) is 0. The highest BCUT2D eigenvalue weighted by Crippen LogP contribution is 2.04. The lowest BCUT2D eigenvalue weighted by Crippen LogP contribution is -2.09. The predicted molar refractivity (Wildman–Crippen MR) is 48.3 cm³/mol. The highest BCUT2D eigenvalue weighted by atomic mass is 35.5. The first kappa shape index (κ1) is 9.55. The van der Waals surface area contributed by atoms with Gasteiger partial charge in [0.2, 0.25) is 0 Å². The molecule has 3 nitrogen and oxygen atoms in total. The fraction of sp³-hybridized carbons (Fsp3) is 0.625. The molecule has 0 aliphatic rings. The van der Waals surface area contributed by atoms with Gasteiger partial charge in [-0.15, -0.1) is 11.6 Å². The van der Waals surface area contributed by atoms with Crippen LogP contribution in [0.2, 0.25) is 0 Å². The van der Waals surface area contributed by atoms with Crippen molar-refractivity contribution < 1.29 is 4.74 Å². The van der Waals surface area contributed by atoms with Gasteiger partial charge in [-0.3, -0.25) is 0 Å². The molecular formula is C8H13ClN2O. The van der Waals surface area contributed by atoms with Crippen LogP contribution in [0.4, 0.5) is 0 Å². The molecule has 1 N–H and O–H groups in total. The van der Waals surface area contributed by atoms with Crippen molar-refractivity contribution in [2.75, 3.05) is 7.11 Å². The van der Waals surface area contributed by atoms with E-state index in [4.69, 9.17) is 16.3 Å². The number of methoxy groups -OCH3 is 1. The Morgan fingerprint density at radius 3 is 3.00 bits per heavy atom. The van der Waals surface area contributed by atoms with Gasteiger partial charge in [-0.05, 0) is 6.92 Å². The smallest absolute Gasteiger partial charge is 0.108 e. The number of aromatic amines is 1. The molecule has 0 aliphatic carbocycles. The Kier molecular flexibility index (Phi) is 3.56. The number of ether oxygens (including phenoxy) is 1. The first-order valence-electron chi connectivity index (χ1n) is 3.87. The summed E-state index contributed by atoms with van der Waals surface area (Å²) in [5, 5.41) is 0. The van der Waals surface area contributed by atoms with Crippen molar-refractivity contribution in [1.82, 2.24) is 9.97 Å². The molecule has 12 heavy (non-hydrogen) atoms. The molecule has 0 fully saturated rings. The first-order chi connectivity index (χ1) is 5.76. The molecule has 0 amide bonds. The van der Waals surface area contributed by atoms with Crippen molar-refractivity contribution >= 4 is 11.6 Å². The Morgan fingerprint density at radius 1 is 1.75 bits per heavy atom. The van der Waals surface area contributed by atoms with Crippen LogP contribution >= 0.6 is 11.6 Å². The number of hydrogen-bond donors (Lipinski definition) is 1. The fourth-order valence-corrected chi connectivity index (χ4v) is 1.07. The number of alkyl halides is 1. The summed E-state index contributed by atoms with van der Waals surface area (Å²) in [6.45, 7) is 2.00. The maximum Gasteiger partial charge on any atom is 0.108 e. The van der Waals surface area contributed by atoms with Gasteiger partial charge in [-0.25, -0.2) is 4.98 Å². The summed E-state index contributed by atoms with van der Waals surface area (Å²) in [7, 11) is 1.69. The zero-order valence-corrected chi connectivity index (χ0v) is 8.06. The van der Waals surface area contributed by atoms with Gasteiger partial charge in [0.15, 0.2) is 0 Å². The third-order valence-electron chi connectivity index (χ3n) is 1.71. The van der Waals surface area contributed by atoms with E-state index in [1.807, 2.05) is 6.92 Å². The van der Waals surface area contributed by atoms with Gasteiger partial charge >= 0.3 is 0 Å². The zero-order chi connectivity index (χ0) is 8.97. The normalized spacial score (nSPS) is 13.2. The Bertz CT molecular complexity index is 237. The maximum absolute atomic E-state index is 5.61. The van der Waals surface area contributed by atoms with Crippen molar-refractivity contribution in [3.8, 4) is 0 Å². The molecule has 1 aromatic heterocycles. The van der Waals surface area contributed by atoms with E-state index in [1.54, 1.807) is 13.3 Å². The van der Waals surface area contributed by atoms with E-state index in [-0.39, 0.29) is 6.10 Å². The molecule has 4 heteroatoms. The van der Waals surface area contributed by atoms with Crippen molar-refractivity contribution in [3.63, 3.8) is 0 Å². The second kappa shape index (κ2) is 4.48. The van der Waals surface area contributed by atoms with E-state index < -0.39 is 0 Å². The van der Waals surface area contributed by atoms with E-state index in [1.165, 1.54) is 0 Å². The van der Waals surface area contributed by atoms with E-state index in [0.717, 1.165) is 17.9 Å². The van der Waals surface area contributed by atoms with Crippen molar-refractivity contribution in [3.05, 3.63) is 17.7 Å². The summed E-state index contributed by atoms with van der Waals surface area (Å²) in [6.07, 6.45) is 2.75. The Hall–Kier alpha value is -0.540. The van der Waals surface area contributed by atoms with Crippen LogP contribution in [-0.2, 0) is 17.0 Å². The van der Waals surface area contributed by atoms with Gasteiger partial charge < -0.3 is 9.72 Å². The summed E-state index contributed by atoms with van der Waals surface area (Å²) in [4.78, 5) is 7.26. The van der Waals surface area contributed by atoms with Crippen LogP contribution < -0.4 is 0 Å². The number of rotatable bonds is 4. The molecular weight excluding hydrogens is 176 g/mol. The summed E-state index contributed by atoms with van der Waals surface area (Å²) >= 11 is 5.61. The maximum atomic E-state index is 5.61. The third kappa shape index (κ3) is 2.50. The van der Waals surface area contributed by atoms with E-state index in [9.17, 15) is 0 Å². The standard InChI is InChI=1S/C8H13ClN2O/c1-6(12-2)3-8-10-5-7(4-9)11-8/h5-6H,3-4H2,1-2H3,(H,10,11). The van der Waals surface area contributed by atoms with Gasteiger partial charge in [0.05, 0.1) is 12.0 Å². The summed E-state index contributed by atoms with van der Waals surface area (Å²) < 4.78 is 5.10. The minimum atomic E-state index is 0.194. The molecule has 0 saturated heterocycles. The molecule has 0 spiro atoms. The second-order valence-corrected chi connectivity index (χ2v) is 3.01. The van der Waals surface area contributed by atoms with Gasteiger partial charge in [0, 0.05) is 25.4 Å². The number of H-pyrrole nitrogens is 1. The zero-order valence-electron chi connectivity index (χ0n) is 7.30. The van der Waals surface area contributed by atoms with Crippen LogP contribution in [0.5, 0.6) is 0 Å². The number of nitrogens with zero attached hydrogens (tertiary/aromatic N) is 1. The molecule has 0 bridgehead atoms.